The molecule has 4 heteroatoms. The number of rotatable bonds is 1. The Morgan fingerprint density at radius 2 is 1.64 bits per heavy atom. The third-order valence-electron chi connectivity index (χ3n) is 11.4. The first-order valence-corrected chi connectivity index (χ1v) is 12.6. The lowest BCUT2D eigenvalue weighted by atomic mass is 9.34. The van der Waals surface area contributed by atoms with Crippen LogP contribution in [0.25, 0.3) is 0 Å². The van der Waals surface area contributed by atoms with Gasteiger partial charge in [0.1, 0.15) is 0 Å². The smallest absolute Gasteiger partial charge is 0.309 e. The molecule has 0 aromatic heterocycles. The Kier molecular flexibility index (Phi) is 4.48. The summed E-state index contributed by atoms with van der Waals surface area (Å²) in [6.07, 6.45) is 12.7. The Morgan fingerprint density at radius 1 is 0.970 bits per heavy atom. The highest BCUT2D eigenvalue weighted by atomic mass is 16.4. The van der Waals surface area contributed by atoms with Crippen LogP contribution in [0.2, 0.25) is 0 Å². The van der Waals surface area contributed by atoms with Gasteiger partial charge in [-0.3, -0.25) is 9.59 Å². The fourth-order valence-electron chi connectivity index (χ4n) is 8.65. The predicted octanol–water partition coefficient (Wildman–Crippen LogP) is 6.70. The molecule has 5 aliphatic rings. The normalized spacial score (nSPS) is 46.8. The highest BCUT2D eigenvalue weighted by Gasteiger charge is 2.67. The second-order valence-electron chi connectivity index (χ2n) is 12.9. The van der Waals surface area contributed by atoms with Gasteiger partial charge in [-0.25, -0.2) is 0 Å². The lowest BCUT2D eigenvalue weighted by Crippen LogP contribution is -2.62. The third-order valence-corrected chi connectivity index (χ3v) is 11.4. The second-order valence-corrected chi connectivity index (χ2v) is 12.9. The van der Waals surface area contributed by atoms with Gasteiger partial charge in [-0.15, -0.1) is 0 Å². The van der Waals surface area contributed by atoms with E-state index in [0.717, 1.165) is 56.1 Å². The number of hydrogen-bond acceptors (Lipinski definition) is 3. The molecule has 0 saturated heterocycles. The Bertz CT molecular complexity index is 1100. The van der Waals surface area contributed by atoms with Crippen LogP contribution in [-0.2, 0) is 9.59 Å². The number of aliphatic hydroxyl groups excluding tert-OH is 1. The summed E-state index contributed by atoms with van der Waals surface area (Å²) in [7, 11) is 0. The van der Waals surface area contributed by atoms with Gasteiger partial charge in [0.25, 0.3) is 0 Å². The zero-order valence-corrected chi connectivity index (χ0v) is 21.0. The first-order chi connectivity index (χ1) is 15.2. The summed E-state index contributed by atoms with van der Waals surface area (Å²) in [5.74, 6) is -0.734. The topological polar surface area (TPSA) is 74.6 Å². The van der Waals surface area contributed by atoms with Gasteiger partial charge >= 0.3 is 5.97 Å². The predicted molar refractivity (Wildman–Crippen MR) is 129 cm³/mol. The maximum Gasteiger partial charge on any atom is 0.309 e. The van der Waals surface area contributed by atoms with E-state index in [-0.39, 0.29) is 33.2 Å². The van der Waals surface area contributed by atoms with E-state index in [1.54, 1.807) is 6.08 Å². The molecule has 3 fully saturated rings. The summed E-state index contributed by atoms with van der Waals surface area (Å²) in [6.45, 7) is 13.3. The SMILES string of the molecule is CC1=C(O)C(=O)C=C2C1=CC=C1[C@]2(C)CC[C@@]2(C)[C@@H]3C[C@](C)(C(=O)O)CC[C@@]3(C)CC[C@@]12C. The number of aliphatic carboxylic acids is 1. The Hall–Kier alpha value is -2.10. The number of carboxylic acid groups (broad SMARTS) is 1. The van der Waals surface area contributed by atoms with Gasteiger partial charge in [0.15, 0.2) is 5.76 Å². The quantitative estimate of drug-likeness (QED) is 0.466. The number of ketones is 1. The van der Waals surface area contributed by atoms with Crippen LogP contribution in [-0.4, -0.2) is 22.0 Å². The summed E-state index contributed by atoms with van der Waals surface area (Å²) in [5, 5.41) is 20.3. The van der Waals surface area contributed by atoms with E-state index >= 15 is 0 Å². The summed E-state index contributed by atoms with van der Waals surface area (Å²) in [6, 6.07) is 0. The molecule has 4 nitrogen and oxygen atoms in total. The highest BCUT2D eigenvalue weighted by molar-refractivity contribution is 6.06. The van der Waals surface area contributed by atoms with Crippen LogP contribution in [0.5, 0.6) is 0 Å². The molecule has 178 valence electrons. The monoisotopic (exact) mass is 450 g/mol. The van der Waals surface area contributed by atoms with E-state index in [1.165, 1.54) is 5.57 Å². The van der Waals surface area contributed by atoms with Crippen LogP contribution in [0.15, 0.2) is 46.3 Å². The fourth-order valence-corrected chi connectivity index (χ4v) is 8.65. The van der Waals surface area contributed by atoms with Crippen LogP contribution in [0.3, 0.4) is 0 Å². The zero-order valence-electron chi connectivity index (χ0n) is 21.0. The lowest BCUT2D eigenvalue weighted by Gasteiger charge is -2.70. The number of aliphatic hydroxyl groups is 1. The number of carbonyl (C=O) groups is 2. The van der Waals surface area contributed by atoms with Crippen molar-refractivity contribution in [3.8, 4) is 0 Å². The van der Waals surface area contributed by atoms with Crippen LogP contribution >= 0.6 is 0 Å². The van der Waals surface area contributed by atoms with Gasteiger partial charge < -0.3 is 10.2 Å². The van der Waals surface area contributed by atoms with E-state index in [1.807, 2.05) is 13.8 Å². The first-order valence-electron chi connectivity index (χ1n) is 12.6. The second kappa shape index (κ2) is 6.52. The van der Waals surface area contributed by atoms with Gasteiger partial charge in [-0.05, 0) is 98.2 Å². The zero-order chi connectivity index (χ0) is 24.2. The standard InChI is InChI=1S/C29H38O4/c1-17-18-7-8-21-27(4,19(18)15-20(30)23(17)31)12-14-29(6)22-16-26(3,24(32)33)10-9-25(22,2)11-13-28(21,29)5/h7-8,15,22,31H,9-14,16H2,1-6H3,(H,32,33)/t22-,25+,26-,27-,28+,29+/m1/s1. The van der Waals surface area contributed by atoms with Crippen molar-refractivity contribution in [3.63, 3.8) is 0 Å². The molecule has 0 unspecified atom stereocenters. The van der Waals surface area contributed by atoms with Crippen LogP contribution < -0.4 is 0 Å². The van der Waals surface area contributed by atoms with Crippen molar-refractivity contribution in [1.29, 1.82) is 0 Å². The molecule has 3 saturated carbocycles. The number of carboxylic acids is 1. The molecule has 0 aromatic rings. The highest BCUT2D eigenvalue weighted by Crippen LogP contribution is 2.75. The average Bonchev–Trinajstić information content (AvgIpc) is 2.75. The van der Waals surface area contributed by atoms with Gasteiger partial charge in [0, 0.05) is 11.0 Å². The summed E-state index contributed by atoms with van der Waals surface area (Å²) < 4.78 is 0. The summed E-state index contributed by atoms with van der Waals surface area (Å²) in [4.78, 5) is 24.8. The molecule has 6 atom stereocenters. The van der Waals surface area contributed by atoms with Crippen LogP contribution in [0, 0.1) is 33.0 Å². The minimum atomic E-state index is -0.655. The number of carbonyl (C=O) groups excluding carboxylic acids is 1. The number of fused-ring (bicyclic) bond motifs is 7. The molecular formula is C29H38O4. The van der Waals surface area contributed by atoms with Crippen molar-refractivity contribution in [1.82, 2.24) is 0 Å². The van der Waals surface area contributed by atoms with Gasteiger partial charge in [-0.2, -0.15) is 0 Å². The Balaban J connectivity index is 1.64. The molecule has 0 amide bonds. The molecular weight excluding hydrogens is 412 g/mol. The molecule has 5 rings (SSSR count). The molecule has 0 heterocycles. The molecule has 0 aromatic carbocycles. The molecule has 0 bridgehead atoms. The van der Waals surface area contributed by atoms with E-state index < -0.39 is 11.4 Å². The maximum absolute atomic E-state index is 12.6. The average molecular weight is 451 g/mol. The van der Waals surface area contributed by atoms with Gasteiger partial charge in [0.05, 0.1) is 5.41 Å². The first kappa shape index (κ1) is 22.7. The number of allylic oxidation sites excluding steroid dienone is 7. The molecule has 5 aliphatic carbocycles. The van der Waals surface area contributed by atoms with E-state index in [4.69, 9.17) is 0 Å². The van der Waals surface area contributed by atoms with Crippen molar-refractivity contribution >= 4 is 11.8 Å². The van der Waals surface area contributed by atoms with Crippen molar-refractivity contribution < 1.29 is 19.8 Å². The van der Waals surface area contributed by atoms with Crippen LogP contribution in [0.1, 0.15) is 86.5 Å². The molecule has 33 heavy (non-hydrogen) atoms. The molecule has 0 aliphatic heterocycles. The molecule has 0 spiro atoms. The van der Waals surface area contributed by atoms with Crippen molar-refractivity contribution in [3.05, 3.63) is 46.3 Å². The number of hydrogen-bond donors (Lipinski definition) is 2. The minimum absolute atomic E-state index is 0.0000746. The van der Waals surface area contributed by atoms with Crippen LogP contribution in [0.4, 0.5) is 0 Å². The van der Waals surface area contributed by atoms with Gasteiger partial charge in [0.2, 0.25) is 5.78 Å². The van der Waals surface area contributed by atoms with E-state index in [0.29, 0.717) is 11.5 Å². The summed E-state index contributed by atoms with van der Waals surface area (Å²) >= 11 is 0. The lowest BCUT2D eigenvalue weighted by molar-refractivity contribution is -0.178. The Morgan fingerprint density at radius 3 is 2.30 bits per heavy atom. The Labute approximate surface area is 197 Å². The fraction of sp³-hybridized carbons (Fsp3) is 0.655. The largest absolute Gasteiger partial charge is 0.504 e. The van der Waals surface area contributed by atoms with E-state index in [2.05, 4.69) is 39.8 Å². The van der Waals surface area contributed by atoms with E-state index in [9.17, 15) is 19.8 Å². The maximum atomic E-state index is 12.6. The molecule has 2 N–H and O–H groups in total. The van der Waals surface area contributed by atoms with Crippen molar-refractivity contribution in [2.75, 3.05) is 0 Å². The van der Waals surface area contributed by atoms with Crippen molar-refractivity contribution in [2.24, 2.45) is 33.0 Å². The van der Waals surface area contributed by atoms with Crippen molar-refractivity contribution in [2.45, 2.75) is 86.5 Å². The summed E-state index contributed by atoms with van der Waals surface area (Å²) in [5.41, 5.74) is 3.33. The molecule has 0 radical (unpaired) electrons. The minimum Gasteiger partial charge on any atom is -0.504 e. The third kappa shape index (κ3) is 2.64. The van der Waals surface area contributed by atoms with Gasteiger partial charge in [-0.1, -0.05) is 45.4 Å².